The fraction of sp³-hybridized carbons (Fsp3) is 0.222. The van der Waals surface area contributed by atoms with Gasteiger partial charge < -0.3 is 5.32 Å². The molecule has 0 fully saturated rings. The third-order valence-corrected chi connectivity index (χ3v) is 5.97. The SMILES string of the molecule is Brc1ccccc1[C@@H]1Nc2c(Br)cccc2[C@H]2C=CC[C@H]21. The number of hydrogen-bond acceptors (Lipinski definition) is 1. The number of allylic oxidation sites excluding steroid dienone is 2. The zero-order valence-corrected chi connectivity index (χ0v) is 14.6. The molecular formula is C18H15Br2N. The van der Waals surface area contributed by atoms with E-state index in [2.05, 4.69) is 91.8 Å². The van der Waals surface area contributed by atoms with Crippen molar-refractivity contribution in [3.63, 3.8) is 0 Å². The van der Waals surface area contributed by atoms with E-state index >= 15 is 0 Å². The van der Waals surface area contributed by atoms with E-state index in [1.165, 1.54) is 21.3 Å². The number of para-hydroxylation sites is 1. The fourth-order valence-corrected chi connectivity index (χ4v) is 4.65. The lowest BCUT2D eigenvalue weighted by molar-refractivity contribution is 0.424. The van der Waals surface area contributed by atoms with Crippen molar-refractivity contribution in [2.24, 2.45) is 5.92 Å². The number of fused-ring (bicyclic) bond motifs is 3. The minimum Gasteiger partial charge on any atom is -0.377 e. The van der Waals surface area contributed by atoms with E-state index in [4.69, 9.17) is 0 Å². The Labute approximate surface area is 141 Å². The van der Waals surface area contributed by atoms with Crippen molar-refractivity contribution in [1.29, 1.82) is 0 Å². The summed E-state index contributed by atoms with van der Waals surface area (Å²) in [5, 5.41) is 3.78. The van der Waals surface area contributed by atoms with E-state index in [9.17, 15) is 0 Å². The molecule has 0 saturated heterocycles. The molecule has 0 aromatic heterocycles. The highest BCUT2D eigenvalue weighted by atomic mass is 79.9. The first-order valence-electron chi connectivity index (χ1n) is 7.22. The molecule has 3 heteroatoms. The van der Waals surface area contributed by atoms with Gasteiger partial charge in [-0.3, -0.25) is 0 Å². The van der Waals surface area contributed by atoms with Crippen LogP contribution < -0.4 is 5.32 Å². The predicted molar refractivity (Wildman–Crippen MR) is 94.6 cm³/mol. The molecule has 1 heterocycles. The Hall–Kier alpha value is -1.06. The summed E-state index contributed by atoms with van der Waals surface area (Å²) in [6, 6.07) is 15.4. The summed E-state index contributed by atoms with van der Waals surface area (Å²) in [7, 11) is 0. The maximum Gasteiger partial charge on any atom is 0.0565 e. The molecule has 3 atom stereocenters. The minimum atomic E-state index is 0.340. The highest BCUT2D eigenvalue weighted by Crippen LogP contribution is 2.52. The summed E-state index contributed by atoms with van der Waals surface area (Å²) in [4.78, 5) is 0. The van der Waals surface area contributed by atoms with Crippen molar-refractivity contribution in [3.05, 3.63) is 74.7 Å². The van der Waals surface area contributed by atoms with Gasteiger partial charge in [0.2, 0.25) is 0 Å². The number of nitrogens with one attached hydrogen (secondary N) is 1. The van der Waals surface area contributed by atoms with Crippen LogP contribution in [-0.4, -0.2) is 0 Å². The molecule has 2 aromatic rings. The Morgan fingerprint density at radius 3 is 2.52 bits per heavy atom. The topological polar surface area (TPSA) is 12.0 Å². The maximum absolute atomic E-state index is 3.78. The summed E-state index contributed by atoms with van der Waals surface area (Å²) >= 11 is 7.41. The first-order chi connectivity index (χ1) is 10.3. The Bertz CT molecular complexity index is 723. The maximum atomic E-state index is 3.78. The summed E-state index contributed by atoms with van der Waals surface area (Å²) in [6.45, 7) is 0. The van der Waals surface area contributed by atoms with Crippen LogP contribution in [0.4, 0.5) is 5.69 Å². The highest BCUT2D eigenvalue weighted by molar-refractivity contribution is 9.11. The molecule has 0 unspecified atom stereocenters. The lowest BCUT2D eigenvalue weighted by Gasteiger charge is -2.38. The first-order valence-corrected chi connectivity index (χ1v) is 8.80. The third kappa shape index (κ3) is 2.18. The number of benzene rings is 2. The lowest BCUT2D eigenvalue weighted by Crippen LogP contribution is -2.29. The summed E-state index contributed by atoms with van der Waals surface area (Å²) in [5.41, 5.74) is 4.00. The van der Waals surface area contributed by atoms with Gasteiger partial charge in [0.15, 0.2) is 0 Å². The normalized spacial score (nSPS) is 26.1. The van der Waals surface area contributed by atoms with Gasteiger partial charge in [-0.15, -0.1) is 0 Å². The van der Waals surface area contributed by atoms with Crippen molar-refractivity contribution < 1.29 is 0 Å². The van der Waals surface area contributed by atoms with Crippen LogP contribution in [0.2, 0.25) is 0 Å². The number of halogens is 2. The molecule has 1 nitrogen and oxygen atoms in total. The minimum absolute atomic E-state index is 0.340. The van der Waals surface area contributed by atoms with Crippen LogP contribution in [0, 0.1) is 5.92 Å². The van der Waals surface area contributed by atoms with E-state index in [1.54, 1.807) is 0 Å². The van der Waals surface area contributed by atoms with E-state index < -0.39 is 0 Å². The molecule has 0 spiro atoms. The fourth-order valence-electron chi connectivity index (χ4n) is 3.62. The molecule has 0 bridgehead atoms. The van der Waals surface area contributed by atoms with Gasteiger partial charge in [0.25, 0.3) is 0 Å². The average Bonchev–Trinajstić information content (AvgIpc) is 2.97. The van der Waals surface area contributed by atoms with Crippen molar-refractivity contribution in [1.82, 2.24) is 0 Å². The van der Waals surface area contributed by atoms with E-state index in [0.29, 0.717) is 17.9 Å². The summed E-state index contributed by atoms with van der Waals surface area (Å²) in [6.07, 6.45) is 5.84. The standard InChI is InChI=1S/C18H15Br2N/c19-15-9-2-1-5-14(15)17-12-7-3-6-11(12)13-8-4-10-16(20)18(13)21-17/h1-6,8-12,17,21H,7H2/t11-,12+,17+/m0/s1. The van der Waals surface area contributed by atoms with Gasteiger partial charge in [-0.2, -0.15) is 0 Å². The van der Waals surface area contributed by atoms with Crippen LogP contribution >= 0.6 is 31.9 Å². The number of rotatable bonds is 1. The molecule has 1 aliphatic heterocycles. The monoisotopic (exact) mass is 403 g/mol. The second-order valence-corrected chi connectivity index (χ2v) is 7.41. The Morgan fingerprint density at radius 1 is 0.905 bits per heavy atom. The van der Waals surface area contributed by atoms with Gasteiger partial charge in [-0.05, 0) is 51.5 Å². The van der Waals surface area contributed by atoms with Gasteiger partial charge in [-0.25, -0.2) is 0 Å². The molecule has 1 N–H and O–H groups in total. The van der Waals surface area contributed by atoms with E-state index in [0.717, 1.165) is 10.9 Å². The van der Waals surface area contributed by atoms with Crippen LogP contribution in [0.5, 0.6) is 0 Å². The van der Waals surface area contributed by atoms with Crippen molar-refractivity contribution >= 4 is 37.5 Å². The van der Waals surface area contributed by atoms with Gasteiger partial charge in [0, 0.05) is 14.9 Å². The van der Waals surface area contributed by atoms with Crippen LogP contribution in [0.1, 0.15) is 29.5 Å². The Balaban J connectivity index is 1.85. The van der Waals surface area contributed by atoms with Crippen LogP contribution in [0.3, 0.4) is 0 Å². The quantitative estimate of drug-likeness (QED) is 0.571. The van der Waals surface area contributed by atoms with Crippen molar-refractivity contribution in [2.75, 3.05) is 5.32 Å². The third-order valence-electron chi connectivity index (χ3n) is 4.59. The second kappa shape index (κ2) is 5.29. The highest BCUT2D eigenvalue weighted by Gasteiger charge is 2.38. The number of hydrogen-bond donors (Lipinski definition) is 1. The lowest BCUT2D eigenvalue weighted by atomic mass is 9.77. The summed E-state index contributed by atoms with van der Waals surface area (Å²) < 4.78 is 2.33. The average molecular weight is 405 g/mol. The van der Waals surface area contributed by atoms with Crippen LogP contribution in [0.15, 0.2) is 63.6 Å². The van der Waals surface area contributed by atoms with Crippen LogP contribution in [0.25, 0.3) is 0 Å². The van der Waals surface area contributed by atoms with E-state index in [1.807, 2.05) is 0 Å². The molecule has 1 aliphatic carbocycles. The largest absolute Gasteiger partial charge is 0.377 e. The predicted octanol–water partition coefficient (Wildman–Crippen LogP) is 6.04. The van der Waals surface area contributed by atoms with E-state index in [-0.39, 0.29) is 0 Å². The van der Waals surface area contributed by atoms with Gasteiger partial charge >= 0.3 is 0 Å². The summed E-state index contributed by atoms with van der Waals surface area (Å²) in [5.74, 6) is 1.10. The molecule has 0 amide bonds. The first kappa shape index (κ1) is 13.6. The van der Waals surface area contributed by atoms with Crippen LogP contribution in [-0.2, 0) is 0 Å². The zero-order valence-electron chi connectivity index (χ0n) is 11.4. The van der Waals surface area contributed by atoms with Gasteiger partial charge in [0.1, 0.15) is 0 Å². The molecule has 2 aliphatic rings. The van der Waals surface area contributed by atoms with Gasteiger partial charge in [-0.1, -0.05) is 58.4 Å². The zero-order chi connectivity index (χ0) is 14.4. The molecule has 21 heavy (non-hydrogen) atoms. The van der Waals surface area contributed by atoms with Gasteiger partial charge in [0.05, 0.1) is 11.7 Å². The van der Waals surface area contributed by atoms with Crippen molar-refractivity contribution in [2.45, 2.75) is 18.4 Å². The molecule has 0 radical (unpaired) electrons. The molecule has 0 saturated carbocycles. The Morgan fingerprint density at radius 2 is 1.67 bits per heavy atom. The Kier molecular flexibility index (Phi) is 3.43. The molecule has 2 aromatic carbocycles. The van der Waals surface area contributed by atoms with Crippen molar-refractivity contribution in [3.8, 4) is 0 Å². The molecular weight excluding hydrogens is 390 g/mol. The molecule has 4 rings (SSSR count). The number of anilines is 1. The smallest absolute Gasteiger partial charge is 0.0565 e. The second-order valence-electron chi connectivity index (χ2n) is 5.70. The molecule has 106 valence electrons.